The van der Waals surface area contributed by atoms with Crippen LogP contribution >= 0.6 is 0 Å². The number of fused-ring (bicyclic) bond motifs is 1. The van der Waals surface area contributed by atoms with Crippen LogP contribution in [0.25, 0.3) is 22.8 Å². The summed E-state index contributed by atoms with van der Waals surface area (Å²) >= 11 is 0. The molecule has 27 heavy (non-hydrogen) atoms. The quantitative estimate of drug-likeness (QED) is 0.268. The van der Waals surface area contributed by atoms with Crippen molar-refractivity contribution >= 4 is 28.6 Å². The summed E-state index contributed by atoms with van der Waals surface area (Å²) in [6, 6.07) is 8.08. The molecule has 0 amide bonds. The fraction of sp³-hybridized carbons (Fsp3) is 0.222. The van der Waals surface area contributed by atoms with Gasteiger partial charge in [-0.05, 0) is 25.1 Å². The number of hydrogen-bond acceptors (Lipinski definition) is 8. The first-order valence-corrected chi connectivity index (χ1v) is 8.04. The number of anilines is 1. The predicted octanol–water partition coefficient (Wildman–Crippen LogP) is 3.55. The number of carbonyl (C=O) groups excluding carboxylic acids is 1. The van der Waals surface area contributed by atoms with Crippen LogP contribution in [0.5, 0.6) is 0 Å². The molecule has 1 aromatic carbocycles. The molecule has 3 aromatic rings. The normalized spacial score (nSPS) is 10.7. The van der Waals surface area contributed by atoms with Crippen LogP contribution in [0.3, 0.4) is 0 Å². The minimum Gasteiger partial charge on any atom is -0.460 e. The van der Waals surface area contributed by atoms with Gasteiger partial charge in [-0.25, -0.2) is 9.78 Å². The van der Waals surface area contributed by atoms with Gasteiger partial charge in [0, 0.05) is 24.4 Å². The molecule has 0 N–H and O–H groups in total. The average Bonchev–Trinajstić information content (AvgIpc) is 3.27. The predicted molar refractivity (Wildman–Crippen MR) is 97.4 cm³/mol. The van der Waals surface area contributed by atoms with Crippen molar-refractivity contribution in [1.82, 2.24) is 4.98 Å². The van der Waals surface area contributed by atoms with E-state index in [-0.39, 0.29) is 24.1 Å². The summed E-state index contributed by atoms with van der Waals surface area (Å²) in [6.07, 6.45) is 0. The van der Waals surface area contributed by atoms with E-state index in [1.165, 1.54) is 12.1 Å². The fourth-order valence-electron chi connectivity index (χ4n) is 2.32. The molecule has 0 saturated carbocycles. The summed E-state index contributed by atoms with van der Waals surface area (Å²) in [7, 11) is 1.85. The Labute approximate surface area is 154 Å². The zero-order chi connectivity index (χ0) is 19.6. The first kappa shape index (κ1) is 18.2. The van der Waals surface area contributed by atoms with Gasteiger partial charge in [0.05, 0.1) is 12.6 Å². The molecule has 0 unspecified atom stereocenters. The number of likely N-dealkylation sites (N-methyl/N-ethyl adjacent to an activating group) is 1. The molecule has 9 nitrogen and oxygen atoms in total. The van der Waals surface area contributed by atoms with E-state index >= 15 is 0 Å². The van der Waals surface area contributed by atoms with Crippen LogP contribution in [0.2, 0.25) is 0 Å². The van der Waals surface area contributed by atoms with Crippen molar-refractivity contribution in [2.45, 2.75) is 6.92 Å². The molecule has 0 aliphatic rings. The van der Waals surface area contributed by atoms with Crippen LogP contribution in [-0.4, -0.2) is 36.1 Å². The Morgan fingerprint density at radius 2 is 2.11 bits per heavy atom. The Bertz CT molecular complexity index is 1020. The highest BCUT2D eigenvalue weighted by molar-refractivity contribution is 5.87. The number of hydrogen-bond donors (Lipinski definition) is 0. The smallest absolute Gasteiger partial charge is 0.433 e. The van der Waals surface area contributed by atoms with Gasteiger partial charge in [-0.2, -0.15) is 0 Å². The second kappa shape index (κ2) is 7.32. The van der Waals surface area contributed by atoms with E-state index < -0.39 is 10.9 Å². The number of nitrogens with zero attached hydrogens (tertiary/aromatic N) is 3. The Balaban J connectivity index is 1.74. The Kier molecular flexibility index (Phi) is 4.93. The maximum atomic E-state index is 11.4. The number of ether oxygens (including phenoxy) is 1. The summed E-state index contributed by atoms with van der Waals surface area (Å²) in [6.45, 7) is 5.83. The van der Waals surface area contributed by atoms with Crippen LogP contribution in [0, 0.1) is 10.1 Å². The van der Waals surface area contributed by atoms with E-state index in [0.29, 0.717) is 23.2 Å². The number of aromatic nitrogens is 1. The molecule has 3 rings (SSSR count). The van der Waals surface area contributed by atoms with Crippen LogP contribution in [0.1, 0.15) is 6.92 Å². The zero-order valence-electron chi connectivity index (χ0n) is 14.8. The number of esters is 1. The molecule has 0 spiro atoms. The summed E-state index contributed by atoms with van der Waals surface area (Å²) in [5.74, 6) is -0.462. The first-order valence-electron chi connectivity index (χ1n) is 8.04. The van der Waals surface area contributed by atoms with Crippen molar-refractivity contribution in [1.29, 1.82) is 0 Å². The third kappa shape index (κ3) is 3.97. The Morgan fingerprint density at radius 3 is 2.78 bits per heavy atom. The number of furan rings is 1. The third-order valence-electron chi connectivity index (χ3n) is 3.80. The van der Waals surface area contributed by atoms with Gasteiger partial charge in [-0.15, -0.1) is 0 Å². The third-order valence-corrected chi connectivity index (χ3v) is 3.80. The van der Waals surface area contributed by atoms with E-state index in [0.717, 1.165) is 5.69 Å². The lowest BCUT2D eigenvalue weighted by Gasteiger charge is -2.18. The summed E-state index contributed by atoms with van der Waals surface area (Å²) in [5.41, 5.74) is 2.29. The highest BCUT2D eigenvalue weighted by atomic mass is 16.6. The Hall–Kier alpha value is -3.62. The molecule has 0 atom stereocenters. The van der Waals surface area contributed by atoms with Crippen molar-refractivity contribution in [2.24, 2.45) is 0 Å². The van der Waals surface area contributed by atoms with Crippen LogP contribution in [0.15, 0.2) is 51.3 Å². The monoisotopic (exact) mass is 371 g/mol. The minimum absolute atomic E-state index is 0.160. The Morgan fingerprint density at radius 1 is 1.33 bits per heavy atom. The van der Waals surface area contributed by atoms with Gasteiger partial charge in [0.1, 0.15) is 17.0 Å². The molecule has 0 saturated heterocycles. The maximum Gasteiger partial charge on any atom is 0.433 e. The molecule has 2 aromatic heterocycles. The first-order chi connectivity index (χ1) is 12.8. The lowest BCUT2D eigenvalue weighted by molar-refractivity contribution is -0.401. The van der Waals surface area contributed by atoms with Gasteiger partial charge >= 0.3 is 11.9 Å². The number of rotatable bonds is 7. The molecule has 0 aliphatic heterocycles. The maximum absolute atomic E-state index is 11.4. The van der Waals surface area contributed by atoms with E-state index in [1.807, 2.05) is 18.0 Å². The lowest BCUT2D eigenvalue weighted by atomic mass is 10.2. The van der Waals surface area contributed by atoms with Crippen molar-refractivity contribution < 1.29 is 23.3 Å². The second-order valence-electron chi connectivity index (χ2n) is 5.90. The molecule has 2 heterocycles. The summed E-state index contributed by atoms with van der Waals surface area (Å²) < 4.78 is 15.9. The topological polar surface area (TPSA) is 112 Å². The molecule has 9 heteroatoms. The van der Waals surface area contributed by atoms with Crippen LogP contribution < -0.4 is 4.90 Å². The van der Waals surface area contributed by atoms with E-state index in [1.54, 1.807) is 19.1 Å². The molecular weight excluding hydrogens is 354 g/mol. The molecular formula is C18H17N3O6. The molecule has 0 aliphatic carbocycles. The molecule has 140 valence electrons. The SMILES string of the molecule is C=C(C)C(=O)OCCN(C)c1ccc2nc(-c3ccc([N+](=O)[O-])o3)oc2c1. The largest absolute Gasteiger partial charge is 0.460 e. The van der Waals surface area contributed by atoms with Crippen molar-refractivity contribution in [2.75, 3.05) is 25.1 Å². The van der Waals surface area contributed by atoms with Crippen molar-refractivity contribution in [3.63, 3.8) is 0 Å². The summed E-state index contributed by atoms with van der Waals surface area (Å²) in [4.78, 5) is 27.7. The van der Waals surface area contributed by atoms with Crippen molar-refractivity contribution in [3.8, 4) is 11.7 Å². The van der Waals surface area contributed by atoms with Gasteiger partial charge in [-0.1, -0.05) is 6.58 Å². The highest BCUT2D eigenvalue weighted by Crippen LogP contribution is 2.30. The van der Waals surface area contributed by atoms with Gasteiger partial charge < -0.3 is 18.5 Å². The van der Waals surface area contributed by atoms with E-state index in [2.05, 4.69) is 11.6 Å². The fourth-order valence-corrected chi connectivity index (χ4v) is 2.32. The van der Waals surface area contributed by atoms with E-state index in [9.17, 15) is 14.9 Å². The van der Waals surface area contributed by atoms with Gasteiger partial charge in [0.25, 0.3) is 5.89 Å². The molecule has 0 radical (unpaired) electrons. The lowest BCUT2D eigenvalue weighted by Crippen LogP contribution is -2.23. The van der Waals surface area contributed by atoms with Gasteiger partial charge in [0.2, 0.25) is 0 Å². The van der Waals surface area contributed by atoms with Crippen LogP contribution in [0.4, 0.5) is 11.6 Å². The van der Waals surface area contributed by atoms with E-state index in [4.69, 9.17) is 13.6 Å². The molecule has 0 bridgehead atoms. The van der Waals surface area contributed by atoms with Gasteiger partial charge in [-0.3, -0.25) is 10.1 Å². The number of carbonyl (C=O) groups is 1. The van der Waals surface area contributed by atoms with Gasteiger partial charge in [0.15, 0.2) is 11.3 Å². The number of oxazole rings is 1. The average molecular weight is 371 g/mol. The number of benzene rings is 1. The number of nitro groups is 1. The van der Waals surface area contributed by atoms with Crippen LogP contribution in [-0.2, 0) is 9.53 Å². The standard InChI is InChI=1S/C18H17N3O6/c1-11(2)18(22)25-9-8-20(3)12-4-5-13-15(10-12)27-17(19-13)14-6-7-16(26-14)21(23)24/h4-7,10H,1,8-9H2,2-3H3. The minimum atomic E-state index is -0.625. The second-order valence-corrected chi connectivity index (χ2v) is 5.90. The highest BCUT2D eigenvalue weighted by Gasteiger charge is 2.18. The van der Waals surface area contributed by atoms with Crippen molar-refractivity contribution in [3.05, 3.63) is 52.6 Å². The summed E-state index contributed by atoms with van der Waals surface area (Å²) in [5, 5.41) is 10.7. The molecule has 0 fully saturated rings. The zero-order valence-corrected chi connectivity index (χ0v) is 14.8.